The summed E-state index contributed by atoms with van der Waals surface area (Å²) in [4.78, 5) is 25.7. The maximum absolute atomic E-state index is 13.2. The molecule has 5 atom stereocenters. The SMILES string of the molecule is CS(=O)(=O)NCc1csc2c1S(=O)(=O)N=C(C1C(=O)NC3C4C=CC(C4)C3C1=O)N2. The second-order valence-corrected chi connectivity index (χ2v) is 12.2. The van der Waals surface area contributed by atoms with Crippen LogP contribution < -0.4 is 15.4 Å². The van der Waals surface area contributed by atoms with Gasteiger partial charge in [-0.2, -0.15) is 8.42 Å². The van der Waals surface area contributed by atoms with Crippen LogP contribution in [0.1, 0.15) is 12.0 Å². The van der Waals surface area contributed by atoms with Gasteiger partial charge < -0.3 is 10.6 Å². The number of sulfonamides is 2. The Balaban J connectivity index is 1.47. The van der Waals surface area contributed by atoms with Gasteiger partial charge in [-0.1, -0.05) is 12.2 Å². The highest BCUT2D eigenvalue weighted by molar-refractivity contribution is 7.91. The number of fused-ring (bicyclic) bond motifs is 6. The number of amides is 1. The number of carbonyl (C=O) groups is 2. The second-order valence-electron chi connectivity index (χ2n) is 7.93. The molecule has 3 N–H and O–H groups in total. The van der Waals surface area contributed by atoms with E-state index < -0.39 is 31.9 Å². The molecule has 13 heteroatoms. The van der Waals surface area contributed by atoms with Gasteiger partial charge in [0.15, 0.2) is 11.7 Å². The first-order chi connectivity index (χ1) is 14.0. The molecule has 5 rings (SSSR count). The summed E-state index contributed by atoms with van der Waals surface area (Å²) in [5.74, 6) is -2.60. The molecule has 2 bridgehead atoms. The molecule has 1 aromatic heterocycles. The molecule has 30 heavy (non-hydrogen) atoms. The number of thiophene rings is 1. The number of hydrogen-bond donors (Lipinski definition) is 3. The van der Waals surface area contributed by atoms with Crippen LogP contribution >= 0.6 is 11.3 Å². The van der Waals surface area contributed by atoms with E-state index in [2.05, 4.69) is 19.8 Å². The summed E-state index contributed by atoms with van der Waals surface area (Å²) in [6.45, 7) is -0.210. The van der Waals surface area contributed by atoms with Crippen molar-refractivity contribution in [3.8, 4) is 0 Å². The van der Waals surface area contributed by atoms with Crippen molar-refractivity contribution >= 4 is 53.9 Å². The first kappa shape index (κ1) is 19.8. The molecule has 2 aliphatic carbocycles. The van der Waals surface area contributed by atoms with E-state index in [0.717, 1.165) is 24.0 Å². The van der Waals surface area contributed by atoms with Crippen LogP contribution in [-0.2, 0) is 36.2 Å². The number of allylic oxidation sites excluding steroid dienone is 1. The van der Waals surface area contributed by atoms with Gasteiger partial charge >= 0.3 is 0 Å². The van der Waals surface area contributed by atoms with E-state index in [1.807, 2.05) is 12.2 Å². The van der Waals surface area contributed by atoms with Crippen molar-refractivity contribution in [3.05, 3.63) is 23.1 Å². The summed E-state index contributed by atoms with van der Waals surface area (Å²) in [5, 5.41) is 7.43. The normalized spacial score (nSPS) is 33.5. The fraction of sp³-hybridized carbons (Fsp3) is 0.471. The number of Topliss-reactive ketones (excluding diaryl/α,β-unsaturated/α-hetero) is 1. The average molecular weight is 471 g/mol. The number of nitrogens with zero attached hydrogens (tertiary/aromatic N) is 1. The van der Waals surface area contributed by atoms with Crippen molar-refractivity contribution in [2.45, 2.75) is 23.9 Å². The van der Waals surface area contributed by atoms with Crippen LogP contribution in [0, 0.1) is 23.7 Å². The van der Waals surface area contributed by atoms with Crippen LogP contribution in [0.5, 0.6) is 0 Å². The minimum Gasteiger partial charge on any atom is -0.351 e. The van der Waals surface area contributed by atoms with E-state index in [9.17, 15) is 26.4 Å². The number of nitrogens with one attached hydrogen (secondary N) is 3. The molecule has 5 unspecified atom stereocenters. The van der Waals surface area contributed by atoms with Gasteiger partial charge in [0.2, 0.25) is 15.9 Å². The Hall–Kier alpha value is -2.09. The lowest BCUT2D eigenvalue weighted by Gasteiger charge is -2.36. The lowest BCUT2D eigenvalue weighted by Crippen LogP contribution is -2.59. The Kier molecular flexibility index (Phi) is 4.27. The minimum absolute atomic E-state index is 0.0439. The molecule has 1 aromatic rings. The number of piperidine rings is 1. The van der Waals surface area contributed by atoms with Gasteiger partial charge in [-0.3, -0.25) is 9.59 Å². The predicted octanol–water partition coefficient (Wildman–Crippen LogP) is -0.184. The van der Waals surface area contributed by atoms with E-state index in [-0.39, 0.29) is 57.4 Å². The van der Waals surface area contributed by atoms with Crippen molar-refractivity contribution < 1.29 is 26.4 Å². The molecule has 2 fully saturated rings. The predicted molar refractivity (Wildman–Crippen MR) is 109 cm³/mol. The maximum atomic E-state index is 13.2. The van der Waals surface area contributed by atoms with Crippen LogP contribution in [0.25, 0.3) is 0 Å². The Morgan fingerprint density at radius 2 is 2.00 bits per heavy atom. The fourth-order valence-electron chi connectivity index (χ4n) is 4.76. The van der Waals surface area contributed by atoms with Gasteiger partial charge in [-0.25, -0.2) is 13.1 Å². The molecule has 2 aliphatic heterocycles. The molecule has 0 aromatic carbocycles. The topological polar surface area (TPSA) is 151 Å². The van der Waals surface area contributed by atoms with E-state index >= 15 is 0 Å². The molecule has 1 amide bonds. The highest BCUT2D eigenvalue weighted by Gasteiger charge is 2.56. The molecule has 0 radical (unpaired) electrons. The average Bonchev–Trinajstić information content (AvgIpc) is 3.33. The molecule has 3 heterocycles. The molecular formula is C17H18N4O6S3. The molecule has 4 aliphatic rings. The van der Waals surface area contributed by atoms with Gasteiger partial charge in [0.05, 0.1) is 6.26 Å². The number of anilines is 1. The zero-order valence-electron chi connectivity index (χ0n) is 15.7. The fourth-order valence-corrected chi connectivity index (χ4v) is 7.82. The smallest absolute Gasteiger partial charge is 0.287 e. The number of rotatable bonds is 4. The van der Waals surface area contributed by atoms with E-state index in [0.29, 0.717) is 0 Å². The summed E-state index contributed by atoms with van der Waals surface area (Å²) in [7, 11) is -7.74. The van der Waals surface area contributed by atoms with E-state index in [1.54, 1.807) is 0 Å². The second kappa shape index (κ2) is 6.45. The molecule has 1 saturated carbocycles. The molecular weight excluding hydrogens is 452 g/mol. The highest BCUT2D eigenvalue weighted by Crippen LogP contribution is 2.47. The van der Waals surface area contributed by atoms with Crippen LogP contribution in [-0.4, -0.2) is 46.7 Å². The lowest BCUT2D eigenvalue weighted by atomic mass is 9.76. The van der Waals surface area contributed by atoms with E-state index in [1.165, 1.54) is 5.38 Å². The maximum Gasteiger partial charge on any atom is 0.287 e. The minimum atomic E-state index is -4.22. The van der Waals surface area contributed by atoms with E-state index in [4.69, 9.17) is 0 Å². The van der Waals surface area contributed by atoms with Gasteiger partial charge in [0.1, 0.15) is 15.7 Å². The van der Waals surface area contributed by atoms with Crippen molar-refractivity contribution in [1.82, 2.24) is 10.0 Å². The third-order valence-electron chi connectivity index (χ3n) is 5.98. The zero-order chi connectivity index (χ0) is 21.4. The van der Waals surface area contributed by atoms with Gasteiger partial charge in [0, 0.05) is 24.1 Å². The molecule has 10 nitrogen and oxygen atoms in total. The summed E-state index contributed by atoms with van der Waals surface area (Å²) in [6.07, 6.45) is 5.78. The third-order valence-corrected chi connectivity index (χ3v) is 9.14. The third kappa shape index (κ3) is 3.02. The zero-order valence-corrected chi connectivity index (χ0v) is 18.1. The highest BCUT2D eigenvalue weighted by atomic mass is 32.2. The standard InChI is InChI=1S/C17H18N4O6S3/c1-29(24,25)18-5-9-6-28-17-14(9)30(26,27)21-15(20-17)11-13(22)10-7-2-3-8(4-7)12(10)19-16(11)23/h2-3,6-8,10-12,18H,4-5H2,1H3,(H,19,23)(H,20,21). The summed E-state index contributed by atoms with van der Waals surface area (Å²) in [5.41, 5.74) is 0.244. The number of hydrogen-bond acceptors (Lipinski definition) is 8. The monoisotopic (exact) mass is 470 g/mol. The van der Waals surface area contributed by atoms with Gasteiger partial charge in [-0.15, -0.1) is 15.7 Å². The summed E-state index contributed by atoms with van der Waals surface area (Å²) in [6, 6.07) is -0.247. The lowest BCUT2D eigenvalue weighted by molar-refractivity contribution is -0.139. The van der Waals surface area contributed by atoms with Crippen LogP contribution in [0.4, 0.5) is 5.00 Å². The number of ketones is 1. The molecule has 0 spiro atoms. The largest absolute Gasteiger partial charge is 0.351 e. The Morgan fingerprint density at radius 3 is 2.73 bits per heavy atom. The first-order valence-corrected chi connectivity index (χ1v) is 13.5. The van der Waals surface area contributed by atoms with Crippen molar-refractivity contribution in [2.24, 2.45) is 28.1 Å². The van der Waals surface area contributed by atoms with Crippen LogP contribution in [0.2, 0.25) is 0 Å². The van der Waals surface area contributed by atoms with Gasteiger partial charge in [-0.05, 0) is 23.6 Å². The van der Waals surface area contributed by atoms with Crippen molar-refractivity contribution in [1.29, 1.82) is 0 Å². The summed E-state index contributed by atoms with van der Waals surface area (Å²) >= 11 is 1.05. The number of amidine groups is 1. The quantitative estimate of drug-likeness (QED) is 0.408. The Morgan fingerprint density at radius 1 is 1.27 bits per heavy atom. The van der Waals surface area contributed by atoms with Crippen LogP contribution in [0.15, 0.2) is 26.8 Å². The van der Waals surface area contributed by atoms with Crippen LogP contribution in [0.3, 0.4) is 0 Å². The Labute approximate surface area is 176 Å². The molecule has 160 valence electrons. The summed E-state index contributed by atoms with van der Waals surface area (Å²) < 4.78 is 54.4. The van der Waals surface area contributed by atoms with Crippen molar-refractivity contribution in [2.75, 3.05) is 11.6 Å². The van der Waals surface area contributed by atoms with Crippen molar-refractivity contribution in [3.63, 3.8) is 0 Å². The first-order valence-electron chi connectivity index (χ1n) is 9.24. The Bertz CT molecular complexity index is 1250. The molecule has 1 saturated heterocycles. The van der Waals surface area contributed by atoms with Gasteiger partial charge in [0.25, 0.3) is 10.0 Å². The number of carbonyl (C=O) groups excluding carboxylic acids is 2.